The standard InChI is InChI=1S/C14H23N3OS/c1-11(15-2)12-8-16-17(9-12)13-3-5-18-14(7-13)4-6-19-10-14/h8-9,11,13,15H,3-7,10H2,1-2H3. The van der Waals surface area contributed by atoms with E-state index in [1.807, 2.05) is 25.0 Å². The van der Waals surface area contributed by atoms with Crippen molar-refractivity contribution in [3.8, 4) is 0 Å². The molecule has 2 aliphatic heterocycles. The normalized spacial score (nSPS) is 32.8. The Labute approximate surface area is 119 Å². The SMILES string of the molecule is CNC(C)c1cnn(C2CCOC3(CCSC3)C2)c1. The molecule has 2 saturated heterocycles. The van der Waals surface area contributed by atoms with Gasteiger partial charge in [-0.25, -0.2) is 0 Å². The first-order chi connectivity index (χ1) is 9.22. The zero-order valence-electron chi connectivity index (χ0n) is 11.8. The molecule has 0 aromatic carbocycles. The summed E-state index contributed by atoms with van der Waals surface area (Å²) < 4.78 is 8.24. The van der Waals surface area contributed by atoms with Crippen LogP contribution >= 0.6 is 11.8 Å². The van der Waals surface area contributed by atoms with E-state index in [-0.39, 0.29) is 5.60 Å². The van der Waals surface area contributed by atoms with Gasteiger partial charge in [0.1, 0.15) is 0 Å². The third-order valence-electron chi connectivity index (χ3n) is 4.46. The minimum absolute atomic E-state index is 0.133. The summed E-state index contributed by atoms with van der Waals surface area (Å²) in [4.78, 5) is 0. The first-order valence-electron chi connectivity index (χ1n) is 7.15. The van der Waals surface area contributed by atoms with Gasteiger partial charge >= 0.3 is 0 Å². The molecule has 3 atom stereocenters. The second-order valence-corrected chi connectivity index (χ2v) is 6.85. The van der Waals surface area contributed by atoms with Gasteiger partial charge in [-0.1, -0.05) is 0 Å². The second kappa shape index (κ2) is 5.46. The van der Waals surface area contributed by atoms with Gasteiger partial charge in [0.15, 0.2) is 0 Å². The maximum Gasteiger partial charge on any atom is 0.0800 e. The van der Waals surface area contributed by atoms with Crippen molar-refractivity contribution in [2.24, 2.45) is 0 Å². The lowest BCUT2D eigenvalue weighted by Crippen LogP contribution is -2.40. The van der Waals surface area contributed by atoms with E-state index in [0.29, 0.717) is 12.1 Å². The summed E-state index contributed by atoms with van der Waals surface area (Å²) in [5, 5.41) is 7.84. The Morgan fingerprint density at radius 3 is 3.26 bits per heavy atom. The fourth-order valence-corrected chi connectivity index (χ4v) is 4.41. The lowest BCUT2D eigenvalue weighted by atomic mass is 9.90. The number of hydrogen-bond donors (Lipinski definition) is 1. The summed E-state index contributed by atoms with van der Waals surface area (Å²) in [7, 11) is 1.99. The third-order valence-corrected chi connectivity index (χ3v) is 5.69. The van der Waals surface area contributed by atoms with Gasteiger partial charge in [0.25, 0.3) is 0 Å². The zero-order chi connectivity index (χ0) is 13.3. The molecule has 1 aromatic rings. The molecular weight excluding hydrogens is 258 g/mol. The van der Waals surface area contributed by atoms with E-state index in [4.69, 9.17) is 4.74 Å². The highest BCUT2D eigenvalue weighted by atomic mass is 32.2. The predicted molar refractivity (Wildman–Crippen MR) is 78.6 cm³/mol. The maximum atomic E-state index is 6.08. The van der Waals surface area contributed by atoms with E-state index < -0.39 is 0 Å². The lowest BCUT2D eigenvalue weighted by molar-refractivity contribution is -0.0778. The Hall–Kier alpha value is -0.520. The molecule has 19 heavy (non-hydrogen) atoms. The van der Waals surface area contributed by atoms with Gasteiger partial charge in [0.05, 0.1) is 17.8 Å². The van der Waals surface area contributed by atoms with Crippen LogP contribution in [0.5, 0.6) is 0 Å². The van der Waals surface area contributed by atoms with Crippen molar-refractivity contribution in [1.82, 2.24) is 15.1 Å². The molecule has 0 amide bonds. The Morgan fingerprint density at radius 2 is 2.53 bits per heavy atom. The number of hydrogen-bond acceptors (Lipinski definition) is 4. The maximum absolute atomic E-state index is 6.08. The molecule has 1 aromatic heterocycles. The monoisotopic (exact) mass is 281 g/mol. The average Bonchev–Trinajstić information content (AvgIpc) is 3.08. The minimum Gasteiger partial charge on any atom is -0.374 e. The van der Waals surface area contributed by atoms with Gasteiger partial charge in [-0.2, -0.15) is 16.9 Å². The third kappa shape index (κ3) is 2.69. The Bertz CT molecular complexity index is 428. The summed E-state index contributed by atoms with van der Waals surface area (Å²) in [6.45, 7) is 3.04. The number of thioether (sulfide) groups is 1. The first-order valence-corrected chi connectivity index (χ1v) is 8.31. The van der Waals surface area contributed by atoms with E-state index in [1.54, 1.807) is 0 Å². The van der Waals surface area contributed by atoms with Crippen LogP contribution in [0.4, 0.5) is 0 Å². The van der Waals surface area contributed by atoms with Crippen molar-refractivity contribution >= 4 is 11.8 Å². The molecule has 3 unspecified atom stereocenters. The van der Waals surface area contributed by atoms with Gasteiger partial charge in [0.2, 0.25) is 0 Å². The van der Waals surface area contributed by atoms with Crippen LogP contribution in [0.25, 0.3) is 0 Å². The van der Waals surface area contributed by atoms with Crippen molar-refractivity contribution < 1.29 is 4.74 Å². The number of nitrogens with one attached hydrogen (secondary N) is 1. The summed E-state index contributed by atoms with van der Waals surface area (Å²) in [5.74, 6) is 2.40. The zero-order valence-corrected chi connectivity index (χ0v) is 12.6. The largest absolute Gasteiger partial charge is 0.374 e. The fraction of sp³-hybridized carbons (Fsp3) is 0.786. The summed E-state index contributed by atoms with van der Waals surface area (Å²) >= 11 is 2.03. The highest BCUT2D eigenvalue weighted by molar-refractivity contribution is 7.99. The summed E-state index contributed by atoms with van der Waals surface area (Å²) in [6, 6.07) is 0.870. The van der Waals surface area contributed by atoms with Crippen LogP contribution in [0, 0.1) is 0 Å². The number of aromatic nitrogens is 2. The highest BCUT2D eigenvalue weighted by Crippen LogP contribution is 2.41. The predicted octanol–water partition coefficient (Wildman–Crippen LogP) is 2.39. The molecule has 1 spiro atoms. The Kier molecular flexibility index (Phi) is 3.87. The van der Waals surface area contributed by atoms with Crippen LogP contribution in [-0.4, -0.2) is 40.5 Å². The molecule has 5 heteroatoms. The van der Waals surface area contributed by atoms with Gasteiger partial charge in [-0.3, -0.25) is 4.68 Å². The molecule has 0 aliphatic carbocycles. The van der Waals surface area contributed by atoms with Crippen molar-refractivity contribution in [1.29, 1.82) is 0 Å². The van der Waals surface area contributed by atoms with Crippen molar-refractivity contribution in [3.63, 3.8) is 0 Å². The molecule has 0 bridgehead atoms. The number of rotatable bonds is 3. The molecule has 3 heterocycles. The van der Waals surface area contributed by atoms with E-state index in [1.165, 1.54) is 17.7 Å². The van der Waals surface area contributed by atoms with Gasteiger partial charge in [0, 0.05) is 30.2 Å². The van der Waals surface area contributed by atoms with E-state index in [9.17, 15) is 0 Å². The van der Waals surface area contributed by atoms with E-state index >= 15 is 0 Å². The van der Waals surface area contributed by atoms with Crippen molar-refractivity contribution in [3.05, 3.63) is 18.0 Å². The molecule has 4 nitrogen and oxygen atoms in total. The minimum atomic E-state index is 0.133. The first kappa shape index (κ1) is 13.5. The fourth-order valence-electron chi connectivity index (χ4n) is 3.03. The van der Waals surface area contributed by atoms with Crippen LogP contribution in [0.15, 0.2) is 12.4 Å². The van der Waals surface area contributed by atoms with Gasteiger partial charge in [-0.15, -0.1) is 0 Å². The van der Waals surface area contributed by atoms with Crippen molar-refractivity contribution in [2.45, 2.75) is 43.9 Å². The van der Waals surface area contributed by atoms with Crippen LogP contribution in [0.2, 0.25) is 0 Å². The molecule has 1 N–H and O–H groups in total. The Morgan fingerprint density at radius 1 is 1.63 bits per heavy atom. The molecule has 0 radical (unpaired) electrons. The Balaban J connectivity index is 1.73. The van der Waals surface area contributed by atoms with E-state index in [2.05, 4.69) is 28.2 Å². The quantitative estimate of drug-likeness (QED) is 0.923. The van der Waals surface area contributed by atoms with Crippen molar-refractivity contribution in [2.75, 3.05) is 25.2 Å². The highest BCUT2D eigenvalue weighted by Gasteiger charge is 2.41. The second-order valence-electron chi connectivity index (χ2n) is 5.74. The molecule has 106 valence electrons. The van der Waals surface area contributed by atoms with E-state index in [0.717, 1.165) is 25.2 Å². The van der Waals surface area contributed by atoms with Crippen LogP contribution in [0.1, 0.15) is 43.8 Å². The summed E-state index contributed by atoms with van der Waals surface area (Å²) in [6.07, 6.45) is 7.60. The smallest absolute Gasteiger partial charge is 0.0800 e. The van der Waals surface area contributed by atoms with Crippen LogP contribution < -0.4 is 5.32 Å². The number of nitrogens with zero attached hydrogens (tertiary/aromatic N) is 2. The van der Waals surface area contributed by atoms with Crippen LogP contribution in [-0.2, 0) is 4.74 Å². The molecule has 3 rings (SSSR count). The summed E-state index contributed by atoms with van der Waals surface area (Å²) in [5.41, 5.74) is 1.40. The van der Waals surface area contributed by atoms with Gasteiger partial charge < -0.3 is 10.1 Å². The average molecular weight is 281 g/mol. The molecular formula is C14H23N3OS. The molecule has 0 saturated carbocycles. The van der Waals surface area contributed by atoms with Crippen LogP contribution in [0.3, 0.4) is 0 Å². The lowest BCUT2D eigenvalue weighted by Gasteiger charge is -2.37. The molecule has 2 aliphatic rings. The van der Waals surface area contributed by atoms with Gasteiger partial charge in [-0.05, 0) is 39.0 Å². The topological polar surface area (TPSA) is 39.1 Å². The number of ether oxygens (including phenoxy) is 1. The molecule has 2 fully saturated rings.